The van der Waals surface area contributed by atoms with Gasteiger partial charge in [-0.1, -0.05) is 17.7 Å². The van der Waals surface area contributed by atoms with Crippen molar-refractivity contribution < 1.29 is 9.13 Å². The molecule has 1 N–H and O–H groups in total. The lowest BCUT2D eigenvalue weighted by atomic mass is 10.2. The van der Waals surface area contributed by atoms with Crippen molar-refractivity contribution in [3.05, 3.63) is 34.6 Å². The van der Waals surface area contributed by atoms with Gasteiger partial charge >= 0.3 is 0 Å². The molecule has 0 aliphatic heterocycles. The summed E-state index contributed by atoms with van der Waals surface area (Å²) < 4.78 is 18.5. The molecule has 0 saturated carbocycles. The summed E-state index contributed by atoms with van der Waals surface area (Å²) in [4.78, 5) is 2.03. The van der Waals surface area contributed by atoms with Crippen LogP contribution in [0.4, 0.5) is 4.39 Å². The molecule has 0 aliphatic carbocycles. The van der Waals surface area contributed by atoms with Crippen molar-refractivity contribution in [3.63, 3.8) is 0 Å². The number of halogens is 2. The molecule has 0 amide bonds. The van der Waals surface area contributed by atoms with E-state index >= 15 is 0 Å². The third-order valence-electron chi connectivity index (χ3n) is 2.64. The smallest absolute Gasteiger partial charge is 0.129 e. The highest BCUT2D eigenvalue weighted by molar-refractivity contribution is 6.31. The summed E-state index contributed by atoms with van der Waals surface area (Å²) in [5, 5.41) is 3.72. The zero-order valence-corrected chi connectivity index (χ0v) is 11.6. The van der Waals surface area contributed by atoms with Gasteiger partial charge in [0.15, 0.2) is 0 Å². The van der Waals surface area contributed by atoms with E-state index < -0.39 is 0 Å². The van der Waals surface area contributed by atoms with Gasteiger partial charge in [-0.25, -0.2) is 4.39 Å². The first-order valence-electron chi connectivity index (χ1n) is 5.96. The van der Waals surface area contributed by atoms with Crippen LogP contribution < -0.4 is 5.32 Å². The van der Waals surface area contributed by atoms with Crippen LogP contribution in [0.1, 0.15) is 5.56 Å². The first-order valence-corrected chi connectivity index (χ1v) is 6.34. The number of nitrogens with zero attached hydrogens (tertiary/aromatic N) is 1. The Bertz CT molecular complexity index is 343. The van der Waals surface area contributed by atoms with Gasteiger partial charge in [0.2, 0.25) is 0 Å². The van der Waals surface area contributed by atoms with Gasteiger partial charge in [0.05, 0.1) is 6.61 Å². The molecule has 0 unspecified atom stereocenters. The van der Waals surface area contributed by atoms with Gasteiger partial charge in [-0.3, -0.25) is 0 Å². The summed E-state index contributed by atoms with van der Waals surface area (Å²) in [6, 6.07) is 4.77. The Labute approximate surface area is 113 Å². The minimum atomic E-state index is -0.248. The molecular weight excluding hydrogens is 255 g/mol. The maximum absolute atomic E-state index is 13.6. The maximum Gasteiger partial charge on any atom is 0.129 e. The first kappa shape index (κ1) is 15.4. The highest BCUT2D eigenvalue weighted by Gasteiger charge is 2.09. The second-order valence-corrected chi connectivity index (χ2v) is 4.59. The summed E-state index contributed by atoms with van der Waals surface area (Å²) in [5.74, 6) is -0.248. The average Bonchev–Trinajstić information content (AvgIpc) is 2.34. The van der Waals surface area contributed by atoms with Crippen molar-refractivity contribution >= 4 is 11.6 Å². The molecule has 0 heterocycles. The van der Waals surface area contributed by atoms with E-state index in [2.05, 4.69) is 5.32 Å². The molecule has 102 valence electrons. The minimum Gasteiger partial charge on any atom is -0.383 e. The Morgan fingerprint density at radius 2 is 2.17 bits per heavy atom. The first-order chi connectivity index (χ1) is 8.65. The molecule has 18 heavy (non-hydrogen) atoms. The van der Waals surface area contributed by atoms with Crippen molar-refractivity contribution in [2.75, 3.05) is 40.4 Å². The number of rotatable bonds is 8. The number of hydrogen-bond acceptors (Lipinski definition) is 3. The van der Waals surface area contributed by atoms with E-state index in [1.54, 1.807) is 19.2 Å². The van der Waals surface area contributed by atoms with Crippen LogP contribution >= 0.6 is 11.6 Å². The number of hydrogen-bond donors (Lipinski definition) is 1. The molecule has 0 radical (unpaired) electrons. The van der Waals surface area contributed by atoms with Crippen LogP contribution in [-0.2, 0) is 11.3 Å². The van der Waals surface area contributed by atoms with E-state index in [-0.39, 0.29) is 5.82 Å². The second kappa shape index (κ2) is 8.43. The molecule has 5 heteroatoms. The summed E-state index contributed by atoms with van der Waals surface area (Å²) in [5.41, 5.74) is 0.554. The predicted octanol–water partition coefficient (Wildman–Crippen LogP) is 2.15. The maximum atomic E-state index is 13.6. The van der Waals surface area contributed by atoms with Gasteiger partial charge in [-0.05, 0) is 19.2 Å². The molecule has 3 nitrogen and oxygen atoms in total. The number of methoxy groups -OCH3 is 1. The van der Waals surface area contributed by atoms with Crippen LogP contribution in [-0.4, -0.2) is 45.3 Å². The largest absolute Gasteiger partial charge is 0.383 e. The van der Waals surface area contributed by atoms with Crippen molar-refractivity contribution in [3.8, 4) is 0 Å². The lowest BCUT2D eigenvalue weighted by molar-refractivity contribution is 0.197. The van der Waals surface area contributed by atoms with Crippen molar-refractivity contribution in [2.24, 2.45) is 0 Å². The van der Waals surface area contributed by atoms with E-state index in [0.717, 1.165) is 19.6 Å². The SMILES string of the molecule is COCCNCCN(C)Cc1c(F)cccc1Cl. The van der Waals surface area contributed by atoms with Gasteiger partial charge in [0, 0.05) is 43.9 Å². The quantitative estimate of drug-likeness (QED) is 0.735. The van der Waals surface area contributed by atoms with E-state index in [0.29, 0.717) is 23.7 Å². The van der Waals surface area contributed by atoms with Crippen molar-refractivity contribution in [1.82, 2.24) is 10.2 Å². The Kier molecular flexibility index (Phi) is 7.20. The number of ether oxygens (including phenoxy) is 1. The van der Waals surface area contributed by atoms with Crippen molar-refractivity contribution in [1.29, 1.82) is 0 Å². The average molecular weight is 275 g/mol. The lowest BCUT2D eigenvalue weighted by Gasteiger charge is -2.18. The van der Waals surface area contributed by atoms with Gasteiger partial charge in [0.1, 0.15) is 5.82 Å². The summed E-state index contributed by atoms with van der Waals surface area (Å²) in [6.07, 6.45) is 0. The molecule has 0 bridgehead atoms. The zero-order valence-electron chi connectivity index (χ0n) is 10.9. The fraction of sp³-hybridized carbons (Fsp3) is 0.538. The van der Waals surface area contributed by atoms with E-state index in [1.807, 2.05) is 11.9 Å². The van der Waals surface area contributed by atoms with E-state index in [9.17, 15) is 4.39 Å². The minimum absolute atomic E-state index is 0.248. The Hall–Kier alpha value is -0.680. The van der Waals surface area contributed by atoms with E-state index in [4.69, 9.17) is 16.3 Å². The Morgan fingerprint density at radius 3 is 2.83 bits per heavy atom. The number of benzene rings is 1. The van der Waals surface area contributed by atoms with Gasteiger partial charge < -0.3 is 15.0 Å². The molecule has 1 aromatic carbocycles. The van der Waals surface area contributed by atoms with Crippen molar-refractivity contribution in [2.45, 2.75) is 6.54 Å². The molecule has 0 spiro atoms. The highest BCUT2D eigenvalue weighted by Crippen LogP contribution is 2.19. The normalized spacial score (nSPS) is 11.2. The van der Waals surface area contributed by atoms with Crippen LogP contribution in [0.15, 0.2) is 18.2 Å². The Morgan fingerprint density at radius 1 is 1.39 bits per heavy atom. The number of likely N-dealkylation sites (N-methyl/N-ethyl adjacent to an activating group) is 1. The molecule has 1 rings (SSSR count). The number of nitrogens with one attached hydrogen (secondary N) is 1. The lowest BCUT2D eigenvalue weighted by Crippen LogP contribution is -2.30. The third kappa shape index (κ3) is 5.31. The fourth-order valence-electron chi connectivity index (χ4n) is 1.60. The van der Waals surface area contributed by atoms with Gasteiger partial charge in [-0.2, -0.15) is 0 Å². The molecule has 0 saturated heterocycles. The zero-order chi connectivity index (χ0) is 13.4. The topological polar surface area (TPSA) is 24.5 Å². The molecule has 0 aromatic heterocycles. The standard InChI is InChI=1S/C13H20ClFN2O/c1-17(8-6-16-7-9-18-2)10-11-12(14)4-3-5-13(11)15/h3-5,16H,6-10H2,1-2H3. The van der Waals surface area contributed by atoms with Crippen LogP contribution in [0.2, 0.25) is 5.02 Å². The fourth-order valence-corrected chi connectivity index (χ4v) is 1.82. The van der Waals surface area contributed by atoms with Gasteiger partial charge in [0.25, 0.3) is 0 Å². The van der Waals surface area contributed by atoms with E-state index in [1.165, 1.54) is 6.07 Å². The molecule has 1 aromatic rings. The summed E-state index contributed by atoms with van der Waals surface area (Å²) in [6.45, 7) is 3.70. The summed E-state index contributed by atoms with van der Waals surface area (Å²) >= 11 is 5.98. The summed E-state index contributed by atoms with van der Waals surface area (Å²) in [7, 11) is 3.62. The highest BCUT2D eigenvalue weighted by atomic mass is 35.5. The molecular formula is C13H20ClFN2O. The molecule has 0 fully saturated rings. The van der Waals surface area contributed by atoms with Crippen LogP contribution in [0.5, 0.6) is 0 Å². The van der Waals surface area contributed by atoms with Crippen LogP contribution in [0.25, 0.3) is 0 Å². The predicted molar refractivity (Wildman–Crippen MR) is 72.5 cm³/mol. The third-order valence-corrected chi connectivity index (χ3v) is 3.00. The Balaban J connectivity index is 2.33. The molecule has 0 atom stereocenters. The van der Waals surface area contributed by atoms with Crippen LogP contribution in [0.3, 0.4) is 0 Å². The molecule has 0 aliphatic rings. The van der Waals surface area contributed by atoms with Gasteiger partial charge in [-0.15, -0.1) is 0 Å². The second-order valence-electron chi connectivity index (χ2n) is 4.18. The van der Waals surface area contributed by atoms with Crippen LogP contribution in [0, 0.1) is 5.82 Å². The monoisotopic (exact) mass is 274 g/mol.